The van der Waals surface area contributed by atoms with E-state index in [9.17, 15) is 4.79 Å². The molecule has 2 fully saturated rings. The summed E-state index contributed by atoms with van der Waals surface area (Å²) in [4.78, 5) is 23.2. The van der Waals surface area contributed by atoms with E-state index in [1.807, 2.05) is 0 Å². The van der Waals surface area contributed by atoms with Gasteiger partial charge in [0.25, 0.3) is 0 Å². The molecule has 1 saturated carbocycles. The number of hydrogen-bond donors (Lipinski definition) is 0. The normalized spacial score (nSPS) is 22.5. The molecule has 5 nitrogen and oxygen atoms in total. The van der Waals surface area contributed by atoms with Crippen LogP contribution >= 0.6 is 0 Å². The number of carbonyl (C=O) groups excluding carboxylic acids is 1. The summed E-state index contributed by atoms with van der Waals surface area (Å²) in [5.74, 6) is 1.08. The van der Waals surface area contributed by atoms with Crippen LogP contribution < -0.4 is 0 Å². The maximum Gasteiger partial charge on any atom is 0.222 e. The Labute approximate surface area is 144 Å². The summed E-state index contributed by atoms with van der Waals surface area (Å²) in [6.45, 7) is 2.04. The number of aryl methyl sites for hydroxylation is 1. The number of aromatic nitrogens is 2. The van der Waals surface area contributed by atoms with Crippen LogP contribution in [0.15, 0.2) is 18.6 Å². The molecule has 0 N–H and O–H groups in total. The second kappa shape index (κ2) is 9.11. The number of nitrogens with zero attached hydrogens (tertiary/aromatic N) is 3. The number of rotatable bonds is 6. The van der Waals surface area contributed by atoms with E-state index in [-0.39, 0.29) is 6.04 Å². The maximum atomic E-state index is 12.7. The summed E-state index contributed by atoms with van der Waals surface area (Å²) in [5.41, 5.74) is 0.984. The SMILES string of the molecule is O=C(CCC1CCCCC1)N1CCOCC1CCc1cnccn1. The van der Waals surface area contributed by atoms with Crippen molar-refractivity contribution in [2.24, 2.45) is 5.92 Å². The van der Waals surface area contributed by atoms with E-state index in [1.165, 1.54) is 32.1 Å². The van der Waals surface area contributed by atoms with E-state index in [4.69, 9.17) is 4.74 Å². The lowest BCUT2D eigenvalue weighted by Gasteiger charge is -2.36. The second-order valence-corrected chi connectivity index (χ2v) is 7.09. The van der Waals surface area contributed by atoms with E-state index < -0.39 is 0 Å². The van der Waals surface area contributed by atoms with Gasteiger partial charge in [-0.15, -0.1) is 0 Å². The number of ether oxygens (including phenoxy) is 1. The fourth-order valence-electron chi connectivity index (χ4n) is 3.94. The Morgan fingerprint density at radius 1 is 1.21 bits per heavy atom. The van der Waals surface area contributed by atoms with Gasteiger partial charge in [-0.25, -0.2) is 0 Å². The first-order chi connectivity index (χ1) is 11.8. The van der Waals surface area contributed by atoms with Crippen molar-refractivity contribution in [2.75, 3.05) is 19.8 Å². The quantitative estimate of drug-likeness (QED) is 0.804. The van der Waals surface area contributed by atoms with Crippen molar-refractivity contribution >= 4 is 5.91 Å². The van der Waals surface area contributed by atoms with E-state index in [0.717, 1.165) is 37.4 Å². The minimum absolute atomic E-state index is 0.180. The fourth-order valence-corrected chi connectivity index (χ4v) is 3.94. The van der Waals surface area contributed by atoms with Crippen LogP contribution in [0.1, 0.15) is 57.1 Å². The highest BCUT2D eigenvalue weighted by Gasteiger charge is 2.27. The molecule has 1 aliphatic carbocycles. The van der Waals surface area contributed by atoms with Crippen molar-refractivity contribution in [1.29, 1.82) is 0 Å². The molecule has 1 amide bonds. The van der Waals surface area contributed by atoms with Gasteiger partial charge in [-0.2, -0.15) is 0 Å². The number of amides is 1. The van der Waals surface area contributed by atoms with Gasteiger partial charge in [-0.05, 0) is 25.2 Å². The van der Waals surface area contributed by atoms with Gasteiger partial charge < -0.3 is 9.64 Å². The molecular weight excluding hydrogens is 302 g/mol. The molecule has 5 heteroatoms. The van der Waals surface area contributed by atoms with E-state index in [0.29, 0.717) is 25.5 Å². The van der Waals surface area contributed by atoms with Crippen molar-refractivity contribution in [2.45, 2.75) is 63.8 Å². The summed E-state index contributed by atoms with van der Waals surface area (Å²) in [6.07, 6.45) is 15.4. The third kappa shape index (κ3) is 5.00. The Bertz CT molecular complexity index is 503. The molecule has 0 spiro atoms. The van der Waals surface area contributed by atoms with Gasteiger partial charge in [0.2, 0.25) is 5.91 Å². The zero-order valence-corrected chi connectivity index (χ0v) is 14.5. The first kappa shape index (κ1) is 17.3. The molecule has 24 heavy (non-hydrogen) atoms. The predicted molar refractivity (Wildman–Crippen MR) is 92.5 cm³/mol. The van der Waals surface area contributed by atoms with Crippen molar-refractivity contribution in [3.8, 4) is 0 Å². The fraction of sp³-hybridized carbons (Fsp3) is 0.737. The molecule has 3 rings (SSSR count). The van der Waals surface area contributed by atoms with Gasteiger partial charge in [-0.3, -0.25) is 14.8 Å². The molecule has 1 aromatic rings. The minimum Gasteiger partial charge on any atom is -0.377 e. The van der Waals surface area contributed by atoms with Gasteiger partial charge in [0.05, 0.1) is 24.9 Å². The molecule has 1 aromatic heterocycles. The standard InChI is InChI=1S/C19H29N3O2/c23-19(9-6-16-4-2-1-3-5-16)22-12-13-24-15-18(22)8-7-17-14-20-10-11-21-17/h10-11,14,16,18H,1-9,12-13,15H2. The Morgan fingerprint density at radius 2 is 2.08 bits per heavy atom. The molecular formula is C19H29N3O2. The molecule has 1 unspecified atom stereocenters. The smallest absolute Gasteiger partial charge is 0.222 e. The summed E-state index contributed by atoms with van der Waals surface area (Å²) in [5, 5.41) is 0. The monoisotopic (exact) mass is 331 g/mol. The minimum atomic E-state index is 0.180. The third-order valence-corrected chi connectivity index (χ3v) is 5.39. The van der Waals surface area contributed by atoms with Crippen molar-refractivity contribution in [3.05, 3.63) is 24.3 Å². The van der Waals surface area contributed by atoms with Crippen molar-refractivity contribution in [3.63, 3.8) is 0 Å². The lowest BCUT2D eigenvalue weighted by atomic mass is 9.86. The average Bonchev–Trinajstić information content (AvgIpc) is 2.66. The number of morpholine rings is 1. The molecule has 2 aliphatic rings. The molecule has 1 saturated heterocycles. The summed E-state index contributed by atoms with van der Waals surface area (Å²) >= 11 is 0. The van der Waals surface area contributed by atoms with Crippen LogP contribution in [0, 0.1) is 5.92 Å². The lowest BCUT2D eigenvalue weighted by Crippen LogP contribution is -2.49. The molecule has 2 heterocycles. The van der Waals surface area contributed by atoms with Gasteiger partial charge >= 0.3 is 0 Å². The zero-order valence-electron chi connectivity index (χ0n) is 14.5. The summed E-state index contributed by atoms with van der Waals surface area (Å²) < 4.78 is 5.62. The third-order valence-electron chi connectivity index (χ3n) is 5.39. The van der Waals surface area contributed by atoms with Crippen LogP contribution in [-0.2, 0) is 16.0 Å². The first-order valence-corrected chi connectivity index (χ1v) is 9.45. The average molecular weight is 331 g/mol. The van der Waals surface area contributed by atoms with E-state index in [1.54, 1.807) is 18.6 Å². The van der Waals surface area contributed by atoms with Crippen LogP contribution in [0.3, 0.4) is 0 Å². The van der Waals surface area contributed by atoms with Gasteiger partial charge in [0, 0.05) is 31.6 Å². The molecule has 0 bridgehead atoms. The Morgan fingerprint density at radius 3 is 2.88 bits per heavy atom. The van der Waals surface area contributed by atoms with Crippen LogP contribution in [-0.4, -0.2) is 46.6 Å². The Hall–Kier alpha value is -1.49. The highest BCUT2D eigenvalue weighted by Crippen LogP contribution is 2.28. The van der Waals surface area contributed by atoms with Crippen molar-refractivity contribution in [1.82, 2.24) is 14.9 Å². The molecule has 1 aliphatic heterocycles. The highest BCUT2D eigenvalue weighted by molar-refractivity contribution is 5.76. The second-order valence-electron chi connectivity index (χ2n) is 7.09. The summed E-state index contributed by atoms with van der Waals surface area (Å²) in [6, 6.07) is 0.180. The van der Waals surface area contributed by atoms with Crippen LogP contribution in [0.4, 0.5) is 0 Å². The first-order valence-electron chi connectivity index (χ1n) is 9.45. The predicted octanol–water partition coefficient (Wildman–Crippen LogP) is 3.00. The maximum absolute atomic E-state index is 12.7. The number of hydrogen-bond acceptors (Lipinski definition) is 4. The van der Waals surface area contributed by atoms with E-state index >= 15 is 0 Å². The zero-order chi connectivity index (χ0) is 16.6. The largest absolute Gasteiger partial charge is 0.377 e. The van der Waals surface area contributed by atoms with Crippen LogP contribution in [0.5, 0.6) is 0 Å². The Kier molecular flexibility index (Phi) is 6.58. The Balaban J connectivity index is 1.48. The summed E-state index contributed by atoms with van der Waals surface area (Å²) in [7, 11) is 0. The number of carbonyl (C=O) groups is 1. The van der Waals surface area contributed by atoms with Gasteiger partial charge in [-0.1, -0.05) is 32.1 Å². The van der Waals surface area contributed by atoms with Crippen molar-refractivity contribution < 1.29 is 9.53 Å². The van der Waals surface area contributed by atoms with Crippen LogP contribution in [0.25, 0.3) is 0 Å². The van der Waals surface area contributed by atoms with Gasteiger partial charge in [0.15, 0.2) is 0 Å². The van der Waals surface area contributed by atoms with Gasteiger partial charge in [0.1, 0.15) is 0 Å². The molecule has 1 atom stereocenters. The lowest BCUT2D eigenvalue weighted by molar-refractivity contribution is -0.140. The van der Waals surface area contributed by atoms with Crippen LogP contribution in [0.2, 0.25) is 0 Å². The highest BCUT2D eigenvalue weighted by atomic mass is 16.5. The molecule has 0 radical (unpaired) electrons. The molecule has 132 valence electrons. The van der Waals surface area contributed by atoms with E-state index in [2.05, 4.69) is 14.9 Å². The topological polar surface area (TPSA) is 55.3 Å². The molecule has 0 aromatic carbocycles.